The van der Waals surface area contributed by atoms with Gasteiger partial charge in [-0.1, -0.05) is 56.0 Å². The number of benzene rings is 3. The molecule has 3 aromatic rings. The highest BCUT2D eigenvalue weighted by Gasteiger charge is 2.20. The predicted octanol–water partition coefficient (Wildman–Crippen LogP) is 7.99. The molecule has 0 unspecified atom stereocenters. The van der Waals surface area contributed by atoms with E-state index in [1.807, 2.05) is 48.5 Å². The highest BCUT2D eigenvalue weighted by atomic mass is 16.6. The Bertz CT molecular complexity index is 1650. The highest BCUT2D eigenvalue weighted by Crippen LogP contribution is 2.25. The molecule has 4 rings (SSSR count). The zero-order valence-corrected chi connectivity index (χ0v) is 29.4. The van der Waals surface area contributed by atoms with Crippen molar-refractivity contribution in [2.24, 2.45) is 0 Å². The summed E-state index contributed by atoms with van der Waals surface area (Å²) in [5, 5.41) is 0. The molecular weight excluding hydrogens is 664 g/mol. The van der Waals surface area contributed by atoms with Crippen molar-refractivity contribution in [3.63, 3.8) is 0 Å². The number of hydrogen-bond donors (Lipinski definition) is 0. The molecule has 1 aliphatic carbocycles. The molecule has 1 aliphatic rings. The summed E-state index contributed by atoms with van der Waals surface area (Å²) in [5.74, 6) is -0.158. The Morgan fingerprint density at radius 3 is 1.85 bits per heavy atom. The third-order valence-corrected chi connectivity index (χ3v) is 8.06. The number of esters is 4. The maximum Gasteiger partial charge on any atom is 0.336 e. The number of carbonyl (C=O) groups excluding carboxylic acids is 4. The van der Waals surface area contributed by atoms with Gasteiger partial charge in [-0.25, -0.2) is 14.4 Å². The number of carbonyl (C=O) groups is 4. The zero-order chi connectivity index (χ0) is 37.0. The minimum absolute atomic E-state index is 0.0534. The van der Waals surface area contributed by atoms with Crippen molar-refractivity contribution < 1.29 is 47.6 Å². The van der Waals surface area contributed by atoms with E-state index < -0.39 is 23.9 Å². The van der Waals surface area contributed by atoms with E-state index in [-0.39, 0.29) is 31.3 Å². The van der Waals surface area contributed by atoms with Gasteiger partial charge in [0, 0.05) is 24.1 Å². The molecule has 0 N–H and O–H groups in total. The molecule has 0 bridgehead atoms. The molecule has 10 nitrogen and oxygen atoms in total. The molecule has 0 aromatic heterocycles. The van der Waals surface area contributed by atoms with Gasteiger partial charge in [0.25, 0.3) is 0 Å². The summed E-state index contributed by atoms with van der Waals surface area (Å²) >= 11 is 0. The van der Waals surface area contributed by atoms with E-state index >= 15 is 0 Å². The molecule has 0 aliphatic heterocycles. The van der Waals surface area contributed by atoms with Crippen LogP contribution in [0.15, 0.2) is 104 Å². The normalized spacial score (nSPS) is 12.8. The van der Waals surface area contributed by atoms with Crippen LogP contribution in [-0.2, 0) is 33.4 Å². The largest absolute Gasteiger partial charge is 0.494 e. The first-order valence-corrected chi connectivity index (χ1v) is 17.6. The molecule has 0 heterocycles. The first-order chi connectivity index (χ1) is 25.3. The van der Waals surface area contributed by atoms with E-state index in [2.05, 4.69) is 13.2 Å². The summed E-state index contributed by atoms with van der Waals surface area (Å²) in [6, 6.07) is 22.1. The molecule has 1 fully saturated rings. The maximum atomic E-state index is 12.4. The third kappa shape index (κ3) is 14.3. The minimum atomic E-state index is -0.578. The number of unbranched alkanes of at least 4 members (excludes halogenated alkanes) is 1. The molecule has 0 amide bonds. The minimum Gasteiger partial charge on any atom is -0.494 e. The van der Waals surface area contributed by atoms with Crippen LogP contribution in [0.4, 0.5) is 0 Å². The van der Waals surface area contributed by atoms with Gasteiger partial charge in [0.2, 0.25) is 0 Å². The Morgan fingerprint density at radius 2 is 1.21 bits per heavy atom. The lowest BCUT2D eigenvalue weighted by atomic mass is 9.98. The summed E-state index contributed by atoms with van der Waals surface area (Å²) in [6.45, 7) is 8.35. The summed E-state index contributed by atoms with van der Waals surface area (Å²) in [4.78, 5) is 47.7. The van der Waals surface area contributed by atoms with E-state index in [4.69, 9.17) is 28.4 Å². The van der Waals surface area contributed by atoms with Crippen molar-refractivity contribution in [3.8, 4) is 28.4 Å². The summed E-state index contributed by atoms with van der Waals surface area (Å²) in [6.07, 6.45) is 10.8. The Hall–Kier alpha value is -5.64. The maximum absolute atomic E-state index is 12.4. The average molecular weight is 711 g/mol. The standard InChI is InChI=1S/C42H46O10/c1-3-39(43)49-29-9-28-48-35-19-12-32(13-20-35)14-25-40(44)51-38-23-17-34(18-24-38)33-15-21-36(22-16-33)47-26-7-8-27-50-42(46)31(2)30-41(45)52-37-10-5-4-6-11-37/h3,12-25,37H,1-2,4-11,26-30H2/b25-14+. The van der Waals surface area contributed by atoms with E-state index in [0.717, 1.165) is 48.4 Å². The predicted molar refractivity (Wildman–Crippen MR) is 197 cm³/mol. The van der Waals surface area contributed by atoms with Gasteiger partial charge in [-0.05, 0) is 97.7 Å². The summed E-state index contributed by atoms with van der Waals surface area (Å²) in [5.41, 5.74) is 2.84. The summed E-state index contributed by atoms with van der Waals surface area (Å²) < 4.78 is 32.5. The molecule has 1 saturated carbocycles. The molecule has 3 aromatic carbocycles. The van der Waals surface area contributed by atoms with Crippen LogP contribution in [0.5, 0.6) is 17.2 Å². The van der Waals surface area contributed by atoms with Crippen LogP contribution in [0.1, 0.15) is 63.4 Å². The first kappa shape index (κ1) is 39.2. The van der Waals surface area contributed by atoms with Gasteiger partial charge in [-0.3, -0.25) is 4.79 Å². The van der Waals surface area contributed by atoms with Gasteiger partial charge >= 0.3 is 23.9 Å². The monoisotopic (exact) mass is 710 g/mol. The number of ether oxygens (including phenoxy) is 6. The zero-order valence-electron chi connectivity index (χ0n) is 29.4. The topological polar surface area (TPSA) is 124 Å². The van der Waals surface area contributed by atoms with Gasteiger partial charge in [0.05, 0.1) is 32.8 Å². The van der Waals surface area contributed by atoms with Crippen LogP contribution < -0.4 is 14.2 Å². The fourth-order valence-electron chi connectivity index (χ4n) is 5.25. The van der Waals surface area contributed by atoms with Crippen LogP contribution in [0, 0.1) is 0 Å². The Morgan fingerprint density at radius 1 is 0.654 bits per heavy atom. The fourth-order valence-corrected chi connectivity index (χ4v) is 5.25. The second-order valence-electron chi connectivity index (χ2n) is 12.2. The van der Waals surface area contributed by atoms with Crippen LogP contribution in [-0.4, -0.2) is 56.4 Å². The van der Waals surface area contributed by atoms with Crippen molar-refractivity contribution in [2.75, 3.05) is 26.4 Å². The van der Waals surface area contributed by atoms with Crippen molar-refractivity contribution in [3.05, 3.63) is 109 Å². The lowest BCUT2D eigenvalue weighted by molar-refractivity contribution is -0.151. The number of rotatable bonds is 20. The van der Waals surface area contributed by atoms with E-state index in [1.54, 1.807) is 30.3 Å². The van der Waals surface area contributed by atoms with Gasteiger partial charge < -0.3 is 28.4 Å². The smallest absolute Gasteiger partial charge is 0.336 e. The summed E-state index contributed by atoms with van der Waals surface area (Å²) in [7, 11) is 0. The molecule has 274 valence electrons. The molecule has 0 radical (unpaired) electrons. The van der Waals surface area contributed by atoms with Crippen LogP contribution in [0.25, 0.3) is 17.2 Å². The lowest BCUT2D eigenvalue weighted by Crippen LogP contribution is -2.22. The SMILES string of the molecule is C=CC(=O)OCCCOc1ccc(/C=C/C(=O)Oc2ccc(-c3ccc(OCCCCOC(=O)C(=C)CC(=O)OC4CCCCC4)cc3)cc2)cc1. The van der Waals surface area contributed by atoms with Crippen molar-refractivity contribution in [2.45, 2.75) is 63.9 Å². The van der Waals surface area contributed by atoms with Crippen LogP contribution in [0.3, 0.4) is 0 Å². The van der Waals surface area contributed by atoms with Crippen LogP contribution in [0.2, 0.25) is 0 Å². The van der Waals surface area contributed by atoms with Crippen molar-refractivity contribution >= 4 is 30.0 Å². The van der Waals surface area contributed by atoms with Crippen LogP contribution >= 0.6 is 0 Å². The van der Waals surface area contributed by atoms with Crippen molar-refractivity contribution in [1.82, 2.24) is 0 Å². The quantitative estimate of drug-likeness (QED) is 0.0375. The third-order valence-electron chi connectivity index (χ3n) is 8.06. The molecule has 0 atom stereocenters. The highest BCUT2D eigenvalue weighted by molar-refractivity contribution is 5.93. The Kier molecular flexibility index (Phi) is 16.2. The molecule has 0 saturated heterocycles. The van der Waals surface area contributed by atoms with Gasteiger partial charge in [0.1, 0.15) is 23.4 Å². The lowest BCUT2D eigenvalue weighted by Gasteiger charge is -2.21. The Balaban J connectivity index is 1.09. The second-order valence-corrected chi connectivity index (χ2v) is 12.2. The molecular formula is C42H46O10. The fraction of sp³-hybridized carbons (Fsp3) is 0.333. The molecule has 10 heteroatoms. The second kappa shape index (κ2) is 21.5. The first-order valence-electron chi connectivity index (χ1n) is 17.6. The van der Waals surface area contributed by atoms with E-state index in [0.29, 0.717) is 49.7 Å². The van der Waals surface area contributed by atoms with E-state index in [9.17, 15) is 19.2 Å². The Labute approximate surface area is 305 Å². The molecule has 52 heavy (non-hydrogen) atoms. The van der Waals surface area contributed by atoms with E-state index in [1.165, 1.54) is 12.5 Å². The van der Waals surface area contributed by atoms with Gasteiger partial charge in [0.15, 0.2) is 0 Å². The number of hydrogen-bond acceptors (Lipinski definition) is 10. The average Bonchev–Trinajstić information content (AvgIpc) is 3.16. The molecule has 0 spiro atoms. The van der Waals surface area contributed by atoms with Gasteiger partial charge in [-0.2, -0.15) is 0 Å². The van der Waals surface area contributed by atoms with Crippen molar-refractivity contribution in [1.29, 1.82) is 0 Å². The van der Waals surface area contributed by atoms with Gasteiger partial charge in [-0.15, -0.1) is 0 Å².